The number of amides is 1. The standard InChI is InChI=1S/C22H31N3O/c23-16-15-20(24)17-22(26)25-21(13-11-18-7-3-1-4-8-18)14-12-19-9-5-2-6-10-19/h1-10,20-21H,11-17,23-24H2,(H,25,26). The molecule has 0 heterocycles. The van der Waals surface area contributed by atoms with Crippen LogP contribution in [0.1, 0.15) is 36.8 Å². The van der Waals surface area contributed by atoms with E-state index in [1.54, 1.807) is 0 Å². The predicted molar refractivity (Wildman–Crippen MR) is 108 cm³/mol. The van der Waals surface area contributed by atoms with Crippen molar-refractivity contribution in [3.63, 3.8) is 0 Å². The highest BCUT2D eigenvalue weighted by molar-refractivity contribution is 5.76. The van der Waals surface area contributed by atoms with Crippen molar-refractivity contribution in [2.24, 2.45) is 11.5 Å². The summed E-state index contributed by atoms with van der Waals surface area (Å²) in [6.07, 6.45) is 4.77. The third-order valence-electron chi connectivity index (χ3n) is 4.60. The molecule has 0 bridgehead atoms. The minimum Gasteiger partial charge on any atom is -0.353 e. The summed E-state index contributed by atoms with van der Waals surface area (Å²) in [6.45, 7) is 0.514. The smallest absolute Gasteiger partial charge is 0.221 e. The third kappa shape index (κ3) is 7.81. The van der Waals surface area contributed by atoms with Crippen LogP contribution in [0.2, 0.25) is 0 Å². The van der Waals surface area contributed by atoms with Crippen LogP contribution in [0, 0.1) is 0 Å². The van der Waals surface area contributed by atoms with Crippen LogP contribution in [0.15, 0.2) is 60.7 Å². The van der Waals surface area contributed by atoms with E-state index in [2.05, 4.69) is 53.8 Å². The van der Waals surface area contributed by atoms with Gasteiger partial charge in [0.2, 0.25) is 5.91 Å². The molecule has 26 heavy (non-hydrogen) atoms. The van der Waals surface area contributed by atoms with Crippen molar-refractivity contribution in [3.8, 4) is 0 Å². The number of aryl methyl sites for hydroxylation is 2. The first-order valence-electron chi connectivity index (χ1n) is 9.50. The van der Waals surface area contributed by atoms with Crippen LogP contribution in [-0.4, -0.2) is 24.5 Å². The molecule has 2 rings (SSSR count). The number of rotatable bonds is 11. The summed E-state index contributed by atoms with van der Waals surface area (Å²) < 4.78 is 0. The van der Waals surface area contributed by atoms with Crippen molar-refractivity contribution in [2.75, 3.05) is 6.54 Å². The second kappa shape index (κ2) is 11.4. The first kappa shape index (κ1) is 20.1. The van der Waals surface area contributed by atoms with Gasteiger partial charge in [-0.15, -0.1) is 0 Å². The molecule has 0 spiro atoms. The molecule has 5 N–H and O–H groups in total. The summed E-state index contributed by atoms with van der Waals surface area (Å²) >= 11 is 0. The summed E-state index contributed by atoms with van der Waals surface area (Å²) in [5, 5.41) is 3.19. The lowest BCUT2D eigenvalue weighted by atomic mass is 9.98. The van der Waals surface area contributed by atoms with Crippen LogP contribution >= 0.6 is 0 Å². The molecule has 4 nitrogen and oxygen atoms in total. The van der Waals surface area contributed by atoms with Gasteiger partial charge in [0.25, 0.3) is 0 Å². The molecule has 0 fully saturated rings. The van der Waals surface area contributed by atoms with Gasteiger partial charge >= 0.3 is 0 Å². The van der Waals surface area contributed by atoms with E-state index in [0.717, 1.165) is 25.7 Å². The van der Waals surface area contributed by atoms with Gasteiger partial charge in [0.15, 0.2) is 0 Å². The van der Waals surface area contributed by atoms with Crippen molar-refractivity contribution >= 4 is 5.91 Å². The van der Waals surface area contributed by atoms with E-state index >= 15 is 0 Å². The Labute approximate surface area is 157 Å². The number of benzene rings is 2. The van der Waals surface area contributed by atoms with Gasteiger partial charge in [-0.25, -0.2) is 0 Å². The predicted octanol–water partition coefficient (Wildman–Crippen LogP) is 2.80. The maximum absolute atomic E-state index is 12.3. The number of carbonyl (C=O) groups is 1. The Hall–Kier alpha value is -2.17. The zero-order chi connectivity index (χ0) is 18.6. The van der Waals surface area contributed by atoms with Crippen LogP contribution in [-0.2, 0) is 17.6 Å². The maximum Gasteiger partial charge on any atom is 0.221 e. The first-order chi connectivity index (χ1) is 12.7. The summed E-state index contributed by atoms with van der Waals surface area (Å²) in [5.41, 5.74) is 14.1. The first-order valence-corrected chi connectivity index (χ1v) is 9.50. The molecule has 2 aromatic carbocycles. The minimum atomic E-state index is -0.163. The molecule has 1 unspecified atom stereocenters. The van der Waals surface area contributed by atoms with E-state index in [4.69, 9.17) is 11.5 Å². The van der Waals surface area contributed by atoms with Gasteiger partial charge in [-0.05, 0) is 49.8 Å². The number of nitrogens with one attached hydrogen (secondary N) is 1. The normalized spacial score (nSPS) is 12.1. The van der Waals surface area contributed by atoms with E-state index in [-0.39, 0.29) is 18.0 Å². The fraction of sp³-hybridized carbons (Fsp3) is 0.409. The Morgan fingerprint density at radius 1 is 0.846 bits per heavy atom. The van der Waals surface area contributed by atoms with Gasteiger partial charge in [0.05, 0.1) is 0 Å². The Bertz CT molecular complexity index is 587. The van der Waals surface area contributed by atoms with E-state index in [9.17, 15) is 4.79 Å². The molecule has 140 valence electrons. The number of carbonyl (C=O) groups excluding carboxylic acids is 1. The monoisotopic (exact) mass is 353 g/mol. The second-order valence-electron chi connectivity index (χ2n) is 6.85. The van der Waals surface area contributed by atoms with E-state index in [0.29, 0.717) is 19.4 Å². The molecule has 1 amide bonds. The van der Waals surface area contributed by atoms with Crippen molar-refractivity contribution < 1.29 is 4.79 Å². The average molecular weight is 354 g/mol. The highest BCUT2D eigenvalue weighted by Crippen LogP contribution is 2.12. The Kier molecular flexibility index (Phi) is 8.87. The van der Waals surface area contributed by atoms with Crippen LogP contribution in [0.25, 0.3) is 0 Å². The number of nitrogens with two attached hydrogens (primary N) is 2. The Morgan fingerprint density at radius 3 is 1.81 bits per heavy atom. The molecule has 0 radical (unpaired) electrons. The molecule has 1 atom stereocenters. The molecule has 0 saturated heterocycles. The molecule has 0 aromatic heterocycles. The zero-order valence-electron chi connectivity index (χ0n) is 15.4. The molecule has 0 aliphatic rings. The average Bonchev–Trinajstić information content (AvgIpc) is 2.65. The molecular weight excluding hydrogens is 322 g/mol. The molecule has 0 aliphatic carbocycles. The van der Waals surface area contributed by atoms with Crippen LogP contribution in [0.3, 0.4) is 0 Å². The summed E-state index contributed by atoms with van der Waals surface area (Å²) in [4.78, 5) is 12.3. The van der Waals surface area contributed by atoms with Crippen LogP contribution in [0.5, 0.6) is 0 Å². The van der Waals surface area contributed by atoms with Gasteiger partial charge in [0, 0.05) is 18.5 Å². The molecular formula is C22H31N3O. The highest BCUT2D eigenvalue weighted by atomic mass is 16.1. The minimum absolute atomic E-state index is 0.0251. The molecule has 4 heteroatoms. The summed E-state index contributed by atoms with van der Waals surface area (Å²) in [6, 6.07) is 20.8. The van der Waals surface area contributed by atoms with Crippen LogP contribution < -0.4 is 16.8 Å². The summed E-state index contributed by atoms with van der Waals surface area (Å²) in [7, 11) is 0. The van der Waals surface area contributed by atoms with Gasteiger partial charge in [-0.1, -0.05) is 60.7 Å². The van der Waals surface area contributed by atoms with Gasteiger partial charge in [-0.2, -0.15) is 0 Å². The van der Waals surface area contributed by atoms with E-state index in [1.165, 1.54) is 11.1 Å². The Balaban J connectivity index is 1.90. The fourth-order valence-electron chi connectivity index (χ4n) is 3.10. The van der Waals surface area contributed by atoms with E-state index in [1.807, 2.05) is 12.1 Å². The SMILES string of the molecule is NCCC(N)CC(=O)NC(CCc1ccccc1)CCc1ccccc1. The van der Waals surface area contributed by atoms with Crippen LogP contribution in [0.4, 0.5) is 0 Å². The largest absolute Gasteiger partial charge is 0.353 e. The topological polar surface area (TPSA) is 81.1 Å². The van der Waals surface area contributed by atoms with Gasteiger partial charge in [-0.3, -0.25) is 4.79 Å². The maximum atomic E-state index is 12.3. The lowest BCUT2D eigenvalue weighted by Gasteiger charge is -2.20. The highest BCUT2D eigenvalue weighted by Gasteiger charge is 2.15. The lowest BCUT2D eigenvalue weighted by molar-refractivity contribution is -0.122. The van der Waals surface area contributed by atoms with E-state index < -0.39 is 0 Å². The lowest BCUT2D eigenvalue weighted by Crippen LogP contribution is -2.39. The number of hydrogen-bond acceptors (Lipinski definition) is 3. The van der Waals surface area contributed by atoms with Gasteiger partial charge in [0.1, 0.15) is 0 Å². The summed E-state index contributed by atoms with van der Waals surface area (Å²) in [5.74, 6) is 0.0251. The third-order valence-corrected chi connectivity index (χ3v) is 4.60. The fourth-order valence-corrected chi connectivity index (χ4v) is 3.10. The molecule has 0 aliphatic heterocycles. The second-order valence-corrected chi connectivity index (χ2v) is 6.85. The number of hydrogen-bond donors (Lipinski definition) is 3. The zero-order valence-corrected chi connectivity index (χ0v) is 15.4. The molecule has 2 aromatic rings. The van der Waals surface area contributed by atoms with Crippen molar-refractivity contribution in [1.82, 2.24) is 5.32 Å². The molecule has 0 saturated carbocycles. The van der Waals surface area contributed by atoms with Gasteiger partial charge < -0.3 is 16.8 Å². The quantitative estimate of drug-likeness (QED) is 0.581. The Morgan fingerprint density at radius 2 is 1.35 bits per heavy atom. The van der Waals surface area contributed by atoms with Crippen molar-refractivity contribution in [2.45, 2.75) is 50.6 Å². The van der Waals surface area contributed by atoms with Crippen molar-refractivity contribution in [3.05, 3.63) is 71.8 Å². The van der Waals surface area contributed by atoms with Crippen molar-refractivity contribution in [1.29, 1.82) is 0 Å².